The topological polar surface area (TPSA) is 25.2 Å². The normalized spacial score (nSPS) is 23.8. The van der Waals surface area contributed by atoms with Crippen molar-refractivity contribution >= 4 is 10.9 Å². The fourth-order valence-electron chi connectivity index (χ4n) is 5.40. The molecular weight excluding hydrogens is 318 g/mol. The van der Waals surface area contributed by atoms with Gasteiger partial charge < -0.3 is 9.67 Å². The molecular formula is C24H27NO. The highest BCUT2D eigenvalue weighted by Gasteiger charge is 2.38. The quantitative estimate of drug-likeness (QED) is 0.685. The largest absolute Gasteiger partial charge is 0.384 e. The first-order chi connectivity index (χ1) is 12.5. The van der Waals surface area contributed by atoms with Crippen LogP contribution in [-0.4, -0.2) is 9.67 Å². The van der Waals surface area contributed by atoms with Gasteiger partial charge in [0.25, 0.3) is 0 Å². The Hall–Kier alpha value is -2.06. The molecule has 1 fully saturated rings. The molecule has 0 amide bonds. The molecule has 26 heavy (non-hydrogen) atoms. The van der Waals surface area contributed by atoms with Crippen molar-refractivity contribution in [2.45, 2.75) is 57.6 Å². The van der Waals surface area contributed by atoms with Gasteiger partial charge in [-0.3, -0.25) is 0 Å². The first kappa shape index (κ1) is 16.1. The number of benzene rings is 2. The summed E-state index contributed by atoms with van der Waals surface area (Å²) in [5.41, 5.74) is 5.81. The molecule has 5 rings (SSSR count). The molecule has 0 saturated heterocycles. The molecule has 3 unspecified atom stereocenters. The third-order valence-corrected chi connectivity index (χ3v) is 6.65. The Morgan fingerprint density at radius 3 is 2.73 bits per heavy atom. The molecule has 0 spiro atoms. The first-order valence-corrected chi connectivity index (χ1v) is 9.92. The minimum Gasteiger partial charge on any atom is -0.384 e. The zero-order chi connectivity index (χ0) is 17.9. The van der Waals surface area contributed by atoms with E-state index in [1.165, 1.54) is 47.8 Å². The van der Waals surface area contributed by atoms with Gasteiger partial charge in [0.05, 0.1) is 6.54 Å². The van der Waals surface area contributed by atoms with Crippen molar-refractivity contribution < 1.29 is 5.11 Å². The highest BCUT2D eigenvalue weighted by molar-refractivity contribution is 5.87. The van der Waals surface area contributed by atoms with Crippen LogP contribution >= 0.6 is 0 Å². The average Bonchev–Trinajstić information content (AvgIpc) is 3.15. The zero-order valence-corrected chi connectivity index (χ0v) is 15.7. The zero-order valence-electron chi connectivity index (χ0n) is 15.7. The number of hydrogen-bond acceptors (Lipinski definition) is 1. The maximum Gasteiger partial charge on any atom is 0.105 e. The van der Waals surface area contributed by atoms with Gasteiger partial charge in [-0.2, -0.15) is 0 Å². The van der Waals surface area contributed by atoms with E-state index in [9.17, 15) is 5.11 Å². The third kappa shape index (κ3) is 2.43. The fraction of sp³-hybridized carbons (Fsp3) is 0.417. The van der Waals surface area contributed by atoms with Crippen molar-refractivity contribution in [2.75, 3.05) is 0 Å². The van der Waals surface area contributed by atoms with E-state index in [1.54, 1.807) is 5.56 Å². The van der Waals surface area contributed by atoms with Crippen LogP contribution in [0.4, 0.5) is 0 Å². The van der Waals surface area contributed by atoms with Crippen LogP contribution in [0.3, 0.4) is 0 Å². The van der Waals surface area contributed by atoms with Gasteiger partial charge in [-0.25, -0.2) is 0 Å². The van der Waals surface area contributed by atoms with E-state index >= 15 is 0 Å². The molecule has 2 bridgehead atoms. The summed E-state index contributed by atoms with van der Waals surface area (Å²) >= 11 is 0. The molecule has 2 heteroatoms. The van der Waals surface area contributed by atoms with Crippen molar-refractivity contribution in [3.05, 3.63) is 70.9 Å². The number of rotatable bonds is 3. The summed E-state index contributed by atoms with van der Waals surface area (Å²) in [5.74, 6) is 1.53. The lowest BCUT2D eigenvalue weighted by atomic mass is 9.86. The Kier molecular flexibility index (Phi) is 3.55. The summed E-state index contributed by atoms with van der Waals surface area (Å²) in [5, 5.41) is 12.7. The van der Waals surface area contributed by atoms with E-state index in [0.29, 0.717) is 12.5 Å². The Bertz CT molecular complexity index is 967. The molecule has 1 heterocycles. The number of aryl methyl sites for hydroxylation is 1. The highest BCUT2D eigenvalue weighted by atomic mass is 16.3. The van der Waals surface area contributed by atoms with Crippen molar-refractivity contribution in [3.63, 3.8) is 0 Å². The molecule has 1 saturated carbocycles. The maximum absolute atomic E-state index is 11.3. The van der Waals surface area contributed by atoms with Gasteiger partial charge in [0.1, 0.15) is 5.60 Å². The van der Waals surface area contributed by atoms with Gasteiger partial charge in [0.15, 0.2) is 0 Å². The number of fused-ring (bicyclic) bond motifs is 6. The molecule has 0 radical (unpaired) electrons. The van der Waals surface area contributed by atoms with Gasteiger partial charge in [0.2, 0.25) is 0 Å². The van der Waals surface area contributed by atoms with Crippen LogP contribution in [0, 0.1) is 12.8 Å². The van der Waals surface area contributed by atoms with Gasteiger partial charge in [-0.1, -0.05) is 42.0 Å². The second-order valence-electron chi connectivity index (χ2n) is 8.69. The van der Waals surface area contributed by atoms with Gasteiger partial charge >= 0.3 is 0 Å². The fourth-order valence-corrected chi connectivity index (χ4v) is 5.40. The summed E-state index contributed by atoms with van der Waals surface area (Å²) in [6.07, 6.45) is 5.21. The summed E-state index contributed by atoms with van der Waals surface area (Å²) in [6.45, 7) is 4.75. The highest BCUT2D eigenvalue weighted by Crippen LogP contribution is 2.49. The molecule has 2 aromatic carbocycles. The van der Waals surface area contributed by atoms with Crippen LogP contribution in [0.25, 0.3) is 10.9 Å². The number of aromatic nitrogens is 1. The van der Waals surface area contributed by atoms with E-state index in [-0.39, 0.29) is 0 Å². The number of nitrogens with zero attached hydrogens (tertiary/aromatic N) is 1. The number of aliphatic hydroxyl groups is 1. The van der Waals surface area contributed by atoms with Gasteiger partial charge in [-0.15, -0.1) is 0 Å². The minimum atomic E-state index is -0.874. The van der Waals surface area contributed by atoms with Crippen LogP contribution in [0.15, 0.2) is 48.5 Å². The van der Waals surface area contributed by atoms with Gasteiger partial charge in [-0.05, 0) is 74.6 Å². The van der Waals surface area contributed by atoms with Crippen LogP contribution in [0.5, 0.6) is 0 Å². The van der Waals surface area contributed by atoms with E-state index in [2.05, 4.69) is 29.7 Å². The maximum atomic E-state index is 11.3. The van der Waals surface area contributed by atoms with E-state index in [4.69, 9.17) is 0 Å². The molecule has 0 aliphatic heterocycles. The smallest absolute Gasteiger partial charge is 0.105 e. The molecule has 2 nitrogen and oxygen atoms in total. The second kappa shape index (κ2) is 5.72. The molecule has 2 aliphatic carbocycles. The summed E-state index contributed by atoms with van der Waals surface area (Å²) in [4.78, 5) is 0. The lowest BCUT2D eigenvalue weighted by Gasteiger charge is -2.29. The third-order valence-electron chi connectivity index (χ3n) is 6.65. The van der Waals surface area contributed by atoms with Crippen molar-refractivity contribution in [1.29, 1.82) is 0 Å². The van der Waals surface area contributed by atoms with E-state index < -0.39 is 5.60 Å². The Morgan fingerprint density at radius 1 is 1.12 bits per heavy atom. The summed E-state index contributed by atoms with van der Waals surface area (Å²) < 4.78 is 2.45. The van der Waals surface area contributed by atoms with Crippen molar-refractivity contribution in [2.24, 2.45) is 5.92 Å². The Balaban J connectivity index is 1.68. The van der Waals surface area contributed by atoms with Crippen molar-refractivity contribution in [3.8, 4) is 0 Å². The average molecular weight is 345 g/mol. The predicted molar refractivity (Wildman–Crippen MR) is 106 cm³/mol. The number of hydrogen-bond donors (Lipinski definition) is 1. The first-order valence-electron chi connectivity index (χ1n) is 9.92. The van der Waals surface area contributed by atoms with Crippen LogP contribution in [-0.2, 0) is 18.6 Å². The Morgan fingerprint density at radius 2 is 1.92 bits per heavy atom. The predicted octanol–water partition coefficient (Wildman–Crippen LogP) is 5.30. The molecule has 3 atom stereocenters. The van der Waals surface area contributed by atoms with E-state index in [0.717, 1.165) is 11.5 Å². The van der Waals surface area contributed by atoms with Crippen molar-refractivity contribution in [1.82, 2.24) is 4.57 Å². The molecule has 2 aliphatic rings. The standard InChI is InChI=1S/C24H27NO/c1-16-8-11-22-20(12-16)21-14-17-9-10-18(13-17)23(21)25(22)15-24(2,26)19-6-4-3-5-7-19/h3-8,11-12,17-18,26H,9-10,13-15H2,1-2H3. The van der Waals surface area contributed by atoms with Gasteiger partial charge in [0, 0.05) is 16.6 Å². The monoisotopic (exact) mass is 345 g/mol. The summed E-state index contributed by atoms with van der Waals surface area (Å²) in [7, 11) is 0. The molecule has 1 N–H and O–H groups in total. The molecule has 1 aromatic heterocycles. The Labute approximate surface area is 155 Å². The van der Waals surface area contributed by atoms with E-state index in [1.807, 2.05) is 37.3 Å². The van der Waals surface area contributed by atoms with Crippen LogP contribution < -0.4 is 0 Å². The molecule has 3 aromatic rings. The summed E-state index contributed by atoms with van der Waals surface area (Å²) in [6, 6.07) is 16.9. The molecule has 134 valence electrons. The van der Waals surface area contributed by atoms with Crippen LogP contribution in [0.1, 0.15) is 54.5 Å². The lowest BCUT2D eigenvalue weighted by molar-refractivity contribution is 0.0384. The second-order valence-corrected chi connectivity index (χ2v) is 8.69. The SMILES string of the molecule is Cc1ccc2c(c1)c1c(n2CC(C)(O)c2ccccc2)C2CCC(C1)C2. The minimum absolute atomic E-state index is 0.618. The lowest BCUT2D eigenvalue weighted by Crippen LogP contribution is -2.29. The van der Waals surface area contributed by atoms with Crippen LogP contribution in [0.2, 0.25) is 0 Å².